The molecule has 1 aromatic rings. The number of anilines is 1. The topological polar surface area (TPSA) is 101 Å². The number of carbonyl (C=O) groups is 3. The van der Waals surface area contributed by atoms with Crippen molar-refractivity contribution in [2.75, 3.05) is 11.4 Å². The lowest BCUT2D eigenvalue weighted by Crippen LogP contribution is -2.44. The Balaban J connectivity index is 2.39. The van der Waals surface area contributed by atoms with E-state index in [1.54, 1.807) is 0 Å². The highest BCUT2D eigenvalue weighted by atomic mass is 19.1. The molecule has 0 aliphatic carbocycles. The van der Waals surface area contributed by atoms with Crippen LogP contribution in [-0.4, -0.2) is 35.4 Å². The van der Waals surface area contributed by atoms with Gasteiger partial charge < -0.3 is 15.7 Å². The minimum Gasteiger partial charge on any atom is -0.480 e. The maximum absolute atomic E-state index is 13.1. The maximum Gasteiger partial charge on any atom is 0.322 e. The standard InChI is InChI=1S/C11H9FN2O4/c12-5-1-2-6-8(3-5)14(10(16)9(6)15)4-7(13)11(17)18/h1-3,7H,4,13H2,(H,17,18). The summed E-state index contributed by atoms with van der Waals surface area (Å²) < 4.78 is 13.1. The van der Waals surface area contributed by atoms with E-state index in [1.165, 1.54) is 6.07 Å². The number of hydrogen-bond acceptors (Lipinski definition) is 4. The second kappa shape index (κ2) is 4.19. The van der Waals surface area contributed by atoms with Gasteiger partial charge in [-0.3, -0.25) is 14.4 Å². The lowest BCUT2D eigenvalue weighted by molar-refractivity contribution is -0.138. The van der Waals surface area contributed by atoms with Gasteiger partial charge in [0.25, 0.3) is 11.7 Å². The molecule has 1 unspecified atom stereocenters. The summed E-state index contributed by atoms with van der Waals surface area (Å²) in [5, 5.41) is 8.68. The predicted octanol–water partition coefficient (Wildman–Crippen LogP) is -0.233. The molecule has 0 spiro atoms. The number of amides is 1. The van der Waals surface area contributed by atoms with Gasteiger partial charge in [-0.2, -0.15) is 0 Å². The average molecular weight is 252 g/mol. The van der Waals surface area contributed by atoms with Gasteiger partial charge in [0.15, 0.2) is 0 Å². The lowest BCUT2D eigenvalue weighted by Gasteiger charge is -2.18. The van der Waals surface area contributed by atoms with E-state index in [2.05, 4.69) is 0 Å². The van der Waals surface area contributed by atoms with Crippen molar-refractivity contribution in [2.45, 2.75) is 6.04 Å². The zero-order valence-electron chi connectivity index (χ0n) is 9.09. The number of fused-ring (bicyclic) bond motifs is 1. The van der Waals surface area contributed by atoms with Crippen LogP contribution in [0, 0.1) is 5.82 Å². The van der Waals surface area contributed by atoms with Gasteiger partial charge in [0, 0.05) is 0 Å². The Hall–Kier alpha value is -2.28. The Morgan fingerprint density at radius 1 is 1.44 bits per heavy atom. The fourth-order valence-corrected chi connectivity index (χ4v) is 1.72. The number of nitrogens with two attached hydrogens (primary N) is 1. The summed E-state index contributed by atoms with van der Waals surface area (Å²) in [5.74, 6) is -3.61. The van der Waals surface area contributed by atoms with E-state index in [0.717, 1.165) is 17.0 Å². The normalized spacial score (nSPS) is 15.8. The van der Waals surface area contributed by atoms with Crippen LogP contribution in [-0.2, 0) is 9.59 Å². The fraction of sp³-hybridized carbons (Fsp3) is 0.182. The highest BCUT2D eigenvalue weighted by Crippen LogP contribution is 2.29. The van der Waals surface area contributed by atoms with E-state index in [9.17, 15) is 18.8 Å². The summed E-state index contributed by atoms with van der Waals surface area (Å²) in [4.78, 5) is 34.7. The molecule has 1 heterocycles. The third-order valence-corrected chi connectivity index (χ3v) is 2.63. The van der Waals surface area contributed by atoms with Crippen LogP contribution in [0.25, 0.3) is 0 Å². The van der Waals surface area contributed by atoms with Gasteiger partial charge in [-0.05, 0) is 18.2 Å². The molecule has 1 aliphatic rings. The van der Waals surface area contributed by atoms with Crippen molar-refractivity contribution in [3.63, 3.8) is 0 Å². The summed E-state index contributed by atoms with van der Waals surface area (Å²) in [6.45, 7) is -0.379. The maximum atomic E-state index is 13.1. The first-order valence-corrected chi connectivity index (χ1v) is 5.06. The molecule has 6 nitrogen and oxygen atoms in total. The number of rotatable bonds is 3. The van der Waals surface area contributed by atoms with Crippen molar-refractivity contribution < 1.29 is 23.9 Å². The number of nitrogens with zero attached hydrogens (tertiary/aromatic N) is 1. The number of aliphatic carboxylic acids is 1. The van der Waals surface area contributed by atoms with Crippen LogP contribution in [0.4, 0.5) is 10.1 Å². The van der Waals surface area contributed by atoms with Crippen LogP contribution in [0.5, 0.6) is 0 Å². The third-order valence-electron chi connectivity index (χ3n) is 2.63. The number of ketones is 1. The van der Waals surface area contributed by atoms with Crippen LogP contribution < -0.4 is 10.6 Å². The summed E-state index contributed by atoms with van der Waals surface area (Å²) in [6.07, 6.45) is 0. The smallest absolute Gasteiger partial charge is 0.322 e. The van der Waals surface area contributed by atoms with E-state index in [4.69, 9.17) is 10.8 Å². The van der Waals surface area contributed by atoms with Crippen LogP contribution in [0.3, 0.4) is 0 Å². The van der Waals surface area contributed by atoms with Crippen molar-refractivity contribution in [1.82, 2.24) is 0 Å². The molecule has 0 saturated heterocycles. The molecule has 1 amide bonds. The number of Topliss-reactive ketones (excluding diaryl/α,β-unsaturated/α-hetero) is 1. The quantitative estimate of drug-likeness (QED) is 0.723. The molecule has 7 heteroatoms. The fourth-order valence-electron chi connectivity index (χ4n) is 1.72. The van der Waals surface area contributed by atoms with Crippen molar-refractivity contribution in [3.8, 4) is 0 Å². The number of carboxylic acid groups (broad SMARTS) is 1. The number of benzene rings is 1. The molecular formula is C11H9FN2O4. The molecule has 0 saturated carbocycles. The zero-order valence-corrected chi connectivity index (χ0v) is 9.09. The molecule has 3 N–H and O–H groups in total. The molecule has 0 aromatic heterocycles. The second-order valence-electron chi connectivity index (χ2n) is 3.85. The first kappa shape index (κ1) is 12.2. The number of halogens is 1. The molecular weight excluding hydrogens is 243 g/mol. The molecule has 0 radical (unpaired) electrons. The van der Waals surface area contributed by atoms with Gasteiger partial charge in [0.1, 0.15) is 11.9 Å². The molecule has 0 bridgehead atoms. The van der Waals surface area contributed by atoms with E-state index in [1.807, 2.05) is 0 Å². The molecule has 1 aliphatic heterocycles. The van der Waals surface area contributed by atoms with E-state index in [0.29, 0.717) is 0 Å². The third kappa shape index (κ3) is 1.84. The summed E-state index contributed by atoms with van der Waals surface area (Å²) in [7, 11) is 0. The SMILES string of the molecule is NC(CN1C(=O)C(=O)c2ccc(F)cc21)C(=O)O. The van der Waals surface area contributed by atoms with Crippen molar-refractivity contribution in [1.29, 1.82) is 0 Å². The predicted molar refractivity (Wildman–Crippen MR) is 58.7 cm³/mol. The lowest BCUT2D eigenvalue weighted by atomic mass is 10.1. The Morgan fingerprint density at radius 3 is 2.72 bits per heavy atom. The van der Waals surface area contributed by atoms with Crippen LogP contribution >= 0.6 is 0 Å². The summed E-state index contributed by atoms with van der Waals surface area (Å²) in [6, 6.07) is 1.92. The van der Waals surface area contributed by atoms with Gasteiger partial charge in [0.05, 0.1) is 17.8 Å². The summed E-state index contributed by atoms with van der Waals surface area (Å²) in [5.41, 5.74) is 5.41. The molecule has 18 heavy (non-hydrogen) atoms. The van der Waals surface area contributed by atoms with Gasteiger partial charge in [-0.1, -0.05) is 0 Å². The van der Waals surface area contributed by atoms with E-state index in [-0.39, 0.29) is 17.8 Å². The van der Waals surface area contributed by atoms with Gasteiger partial charge >= 0.3 is 5.97 Å². The average Bonchev–Trinajstić information content (AvgIpc) is 2.54. The Morgan fingerprint density at radius 2 is 2.11 bits per heavy atom. The van der Waals surface area contributed by atoms with Crippen LogP contribution in [0.2, 0.25) is 0 Å². The van der Waals surface area contributed by atoms with E-state index < -0.39 is 29.5 Å². The highest BCUT2D eigenvalue weighted by molar-refractivity contribution is 6.52. The summed E-state index contributed by atoms with van der Waals surface area (Å²) >= 11 is 0. The molecule has 1 atom stereocenters. The molecule has 0 fully saturated rings. The Labute approximate surface area is 101 Å². The molecule has 2 rings (SSSR count). The van der Waals surface area contributed by atoms with Crippen molar-refractivity contribution in [2.24, 2.45) is 5.73 Å². The van der Waals surface area contributed by atoms with Gasteiger partial charge in [-0.15, -0.1) is 0 Å². The van der Waals surface area contributed by atoms with Gasteiger partial charge in [0.2, 0.25) is 0 Å². The number of carboxylic acids is 1. The molecule has 94 valence electrons. The van der Waals surface area contributed by atoms with Gasteiger partial charge in [-0.25, -0.2) is 4.39 Å². The minimum atomic E-state index is -1.34. The zero-order chi connectivity index (χ0) is 13.4. The first-order valence-electron chi connectivity index (χ1n) is 5.06. The van der Waals surface area contributed by atoms with Crippen LogP contribution in [0.15, 0.2) is 18.2 Å². The number of carbonyl (C=O) groups excluding carboxylic acids is 2. The van der Waals surface area contributed by atoms with E-state index >= 15 is 0 Å². The second-order valence-corrected chi connectivity index (χ2v) is 3.85. The largest absolute Gasteiger partial charge is 0.480 e. The molecule has 1 aromatic carbocycles. The van der Waals surface area contributed by atoms with Crippen molar-refractivity contribution >= 4 is 23.3 Å². The Bertz CT molecular complexity index is 558. The van der Waals surface area contributed by atoms with Crippen LogP contribution in [0.1, 0.15) is 10.4 Å². The highest BCUT2D eigenvalue weighted by Gasteiger charge is 2.37. The van der Waals surface area contributed by atoms with Crippen molar-refractivity contribution in [3.05, 3.63) is 29.6 Å². The first-order chi connectivity index (χ1) is 8.41. The monoisotopic (exact) mass is 252 g/mol. The minimum absolute atomic E-state index is 0.0546. The Kier molecular flexibility index (Phi) is 2.84. The number of hydrogen-bond donors (Lipinski definition) is 2.